The number of rotatable bonds is 4. The molecule has 78 valence electrons. The number of hydrogen-bond donors (Lipinski definition) is 1. The van der Waals surface area contributed by atoms with Crippen molar-refractivity contribution >= 4 is 21.4 Å². The van der Waals surface area contributed by atoms with E-state index in [0.717, 1.165) is 12.8 Å². The lowest BCUT2D eigenvalue weighted by molar-refractivity contribution is 0.673. The summed E-state index contributed by atoms with van der Waals surface area (Å²) in [7, 11) is 0. The molecule has 15 heavy (non-hydrogen) atoms. The minimum atomic E-state index is 0.153. The van der Waals surface area contributed by atoms with Crippen LogP contribution in [0, 0.1) is 0 Å². The van der Waals surface area contributed by atoms with E-state index in [1.54, 1.807) is 11.3 Å². The van der Waals surface area contributed by atoms with Crippen molar-refractivity contribution in [1.82, 2.24) is 0 Å². The van der Waals surface area contributed by atoms with Crippen LogP contribution >= 0.6 is 11.3 Å². The first kappa shape index (κ1) is 10.4. The van der Waals surface area contributed by atoms with Gasteiger partial charge in [-0.2, -0.15) is 0 Å². The fourth-order valence-electron chi connectivity index (χ4n) is 1.62. The first-order valence-corrected chi connectivity index (χ1v) is 5.98. The van der Waals surface area contributed by atoms with E-state index in [-0.39, 0.29) is 6.04 Å². The Morgan fingerprint density at radius 1 is 1.40 bits per heavy atom. The van der Waals surface area contributed by atoms with Crippen molar-refractivity contribution in [1.29, 1.82) is 0 Å². The van der Waals surface area contributed by atoms with Crippen molar-refractivity contribution in [3.63, 3.8) is 0 Å². The van der Waals surface area contributed by atoms with Crippen molar-refractivity contribution < 1.29 is 0 Å². The van der Waals surface area contributed by atoms with Crippen LogP contribution in [0.25, 0.3) is 10.1 Å². The molecule has 1 atom stereocenters. The Balaban J connectivity index is 2.24. The molecule has 0 aliphatic rings. The maximum absolute atomic E-state index is 6.11. The Kier molecular flexibility index (Phi) is 3.19. The highest BCUT2D eigenvalue weighted by Gasteiger charge is 2.08. The Bertz CT molecular complexity index is 425. The quantitative estimate of drug-likeness (QED) is 0.773. The number of nitrogens with two attached hydrogens (primary N) is 1. The highest BCUT2D eigenvalue weighted by Crippen LogP contribution is 2.30. The lowest BCUT2D eigenvalue weighted by Gasteiger charge is -2.06. The third-order valence-electron chi connectivity index (χ3n) is 2.49. The van der Waals surface area contributed by atoms with Gasteiger partial charge in [0.05, 0.1) is 0 Å². The van der Waals surface area contributed by atoms with Crippen LogP contribution in [0.4, 0.5) is 0 Å². The van der Waals surface area contributed by atoms with E-state index in [0.29, 0.717) is 0 Å². The van der Waals surface area contributed by atoms with E-state index in [9.17, 15) is 0 Å². The third-order valence-corrected chi connectivity index (χ3v) is 3.74. The van der Waals surface area contributed by atoms with Gasteiger partial charge in [0.25, 0.3) is 0 Å². The van der Waals surface area contributed by atoms with E-state index in [1.165, 1.54) is 15.0 Å². The van der Waals surface area contributed by atoms with Crippen LogP contribution in [0.5, 0.6) is 0 Å². The molecular formula is C13H15NS. The molecule has 1 aromatic carbocycles. The van der Waals surface area contributed by atoms with Crippen molar-refractivity contribution in [3.05, 3.63) is 47.9 Å². The molecule has 0 spiro atoms. The second kappa shape index (κ2) is 4.60. The standard InChI is InChI=1S/C13H15NS/c1-2-3-7-11(14)13-9-10-6-4-5-8-12(10)15-13/h2,4-6,8-9,11H,1,3,7,14H2. The number of hydrogen-bond acceptors (Lipinski definition) is 2. The minimum absolute atomic E-state index is 0.153. The van der Waals surface area contributed by atoms with Crippen LogP contribution in [-0.4, -0.2) is 0 Å². The van der Waals surface area contributed by atoms with E-state index < -0.39 is 0 Å². The number of allylic oxidation sites excluding steroid dienone is 1. The molecule has 2 N–H and O–H groups in total. The summed E-state index contributed by atoms with van der Waals surface area (Å²) < 4.78 is 1.32. The average Bonchev–Trinajstić information content (AvgIpc) is 2.69. The Hall–Kier alpha value is -1.12. The topological polar surface area (TPSA) is 26.0 Å². The maximum Gasteiger partial charge on any atom is 0.0393 e. The van der Waals surface area contributed by atoms with Gasteiger partial charge in [0, 0.05) is 15.6 Å². The molecule has 1 heterocycles. The molecule has 0 fully saturated rings. The van der Waals surface area contributed by atoms with Crippen LogP contribution in [-0.2, 0) is 0 Å². The van der Waals surface area contributed by atoms with Gasteiger partial charge in [-0.05, 0) is 30.4 Å². The first-order chi connectivity index (χ1) is 7.31. The fraction of sp³-hybridized carbons (Fsp3) is 0.231. The summed E-state index contributed by atoms with van der Waals surface area (Å²) in [6, 6.07) is 10.8. The molecule has 1 aromatic heterocycles. The van der Waals surface area contributed by atoms with Crippen LogP contribution in [0.15, 0.2) is 43.0 Å². The maximum atomic E-state index is 6.11. The SMILES string of the molecule is C=CCCC(N)c1cc2ccccc2s1. The second-order valence-electron chi connectivity index (χ2n) is 3.66. The molecule has 0 bridgehead atoms. The predicted molar refractivity (Wildman–Crippen MR) is 68.2 cm³/mol. The summed E-state index contributed by atoms with van der Waals surface area (Å²) in [6.45, 7) is 3.72. The van der Waals surface area contributed by atoms with Gasteiger partial charge in [0.2, 0.25) is 0 Å². The van der Waals surface area contributed by atoms with Crippen LogP contribution in [0.1, 0.15) is 23.8 Å². The molecule has 2 heteroatoms. The van der Waals surface area contributed by atoms with Gasteiger partial charge in [0.1, 0.15) is 0 Å². The molecule has 0 aliphatic carbocycles. The second-order valence-corrected chi connectivity index (χ2v) is 4.77. The molecule has 1 nitrogen and oxygen atoms in total. The monoisotopic (exact) mass is 217 g/mol. The Morgan fingerprint density at radius 3 is 2.93 bits per heavy atom. The third kappa shape index (κ3) is 2.28. The zero-order valence-electron chi connectivity index (χ0n) is 8.65. The molecule has 0 radical (unpaired) electrons. The summed E-state index contributed by atoms with van der Waals surface area (Å²) >= 11 is 1.80. The van der Waals surface area contributed by atoms with Gasteiger partial charge in [0.15, 0.2) is 0 Å². The van der Waals surface area contributed by atoms with Gasteiger partial charge in [-0.25, -0.2) is 0 Å². The zero-order chi connectivity index (χ0) is 10.7. The summed E-state index contributed by atoms with van der Waals surface area (Å²) in [5.74, 6) is 0. The summed E-state index contributed by atoms with van der Waals surface area (Å²) in [6.07, 6.45) is 3.89. The van der Waals surface area contributed by atoms with E-state index in [4.69, 9.17) is 5.73 Å². The molecule has 0 aliphatic heterocycles. The summed E-state index contributed by atoms with van der Waals surface area (Å²) in [4.78, 5) is 1.28. The predicted octanol–water partition coefficient (Wildman–Crippen LogP) is 3.87. The van der Waals surface area contributed by atoms with Crippen molar-refractivity contribution in [3.8, 4) is 0 Å². The first-order valence-electron chi connectivity index (χ1n) is 5.16. The van der Waals surface area contributed by atoms with Gasteiger partial charge in [-0.15, -0.1) is 17.9 Å². The minimum Gasteiger partial charge on any atom is -0.323 e. The molecule has 0 saturated heterocycles. The van der Waals surface area contributed by atoms with Crippen molar-refractivity contribution in [2.75, 3.05) is 0 Å². The zero-order valence-corrected chi connectivity index (χ0v) is 9.46. The number of thiophene rings is 1. The van der Waals surface area contributed by atoms with Gasteiger partial charge < -0.3 is 5.73 Å². The van der Waals surface area contributed by atoms with E-state index in [2.05, 4.69) is 36.9 Å². The molecule has 1 unspecified atom stereocenters. The molecular weight excluding hydrogens is 202 g/mol. The summed E-state index contributed by atoms with van der Waals surface area (Å²) in [5, 5.41) is 1.30. The van der Waals surface area contributed by atoms with Gasteiger partial charge in [-0.3, -0.25) is 0 Å². The smallest absolute Gasteiger partial charge is 0.0393 e. The Morgan fingerprint density at radius 2 is 2.20 bits per heavy atom. The number of fused-ring (bicyclic) bond motifs is 1. The highest BCUT2D eigenvalue weighted by atomic mass is 32.1. The molecule has 0 amide bonds. The largest absolute Gasteiger partial charge is 0.323 e. The highest BCUT2D eigenvalue weighted by molar-refractivity contribution is 7.19. The van der Waals surface area contributed by atoms with Gasteiger partial charge in [-0.1, -0.05) is 24.3 Å². The number of benzene rings is 1. The fourth-order valence-corrected chi connectivity index (χ4v) is 2.73. The lowest BCUT2D eigenvalue weighted by atomic mass is 10.1. The van der Waals surface area contributed by atoms with E-state index in [1.807, 2.05) is 6.08 Å². The summed E-state index contributed by atoms with van der Waals surface area (Å²) in [5.41, 5.74) is 6.11. The van der Waals surface area contributed by atoms with Crippen LogP contribution in [0.3, 0.4) is 0 Å². The molecule has 2 rings (SSSR count). The average molecular weight is 217 g/mol. The van der Waals surface area contributed by atoms with E-state index >= 15 is 0 Å². The Labute approximate surface area is 94.2 Å². The van der Waals surface area contributed by atoms with Crippen LogP contribution < -0.4 is 5.73 Å². The van der Waals surface area contributed by atoms with Crippen LogP contribution in [0.2, 0.25) is 0 Å². The van der Waals surface area contributed by atoms with Gasteiger partial charge >= 0.3 is 0 Å². The molecule has 0 saturated carbocycles. The molecule has 2 aromatic rings. The normalized spacial score (nSPS) is 12.9. The lowest BCUT2D eigenvalue weighted by Crippen LogP contribution is -2.07. The van der Waals surface area contributed by atoms with Crippen molar-refractivity contribution in [2.45, 2.75) is 18.9 Å². The van der Waals surface area contributed by atoms with Crippen molar-refractivity contribution in [2.24, 2.45) is 5.73 Å².